The molecule has 0 fully saturated rings. The van der Waals surface area contributed by atoms with Crippen molar-refractivity contribution in [3.63, 3.8) is 0 Å². The van der Waals surface area contributed by atoms with E-state index >= 15 is 0 Å². The molecule has 1 atom stereocenters. The molecule has 0 radical (unpaired) electrons. The Morgan fingerprint density at radius 2 is 1.66 bits per heavy atom. The van der Waals surface area contributed by atoms with Gasteiger partial charge in [-0.1, -0.05) is 60.1 Å². The Morgan fingerprint density at radius 3 is 2.45 bits per heavy atom. The highest BCUT2D eigenvalue weighted by Gasteiger charge is 2.31. The van der Waals surface area contributed by atoms with Crippen LogP contribution in [0.3, 0.4) is 0 Å². The van der Waals surface area contributed by atoms with E-state index in [-0.39, 0.29) is 29.5 Å². The maximum absolute atomic E-state index is 7.10. The highest BCUT2D eigenvalue weighted by atomic mass is 127. The summed E-state index contributed by atoms with van der Waals surface area (Å²) in [6, 6.07) is 27.2. The largest absolute Gasteiger partial charge is 0.320 e. The molecule has 0 aliphatic carbocycles. The van der Waals surface area contributed by atoms with Crippen LogP contribution in [0.15, 0.2) is 84.4 Å². The molecule has 0 bridgehead atoms. The maximum atomic E-state index is 7.10. The predicted octanol–water partition coefficient (Wildman–Crippen LogP) is 7.65. The van der Waals surface area contributed by atoms with Gasteiger partial charge < -0.3 is 4.90 Å². The van der Waals surface area contributed by atoms with E-state index in [4.69, 9.17) is 16.6 Å². The fraction of sp³-hybridized carbons (Fsp3) is 0.125. The second kappa shape index (κ2) is 8.46. The van der Waals surface area contributed by atoms with Crippen molar-refractivity contribution >= 4 is 74.1 Å². The average Bonchev–Trinajstić information content (AvgIpc) is 3.18. The number of rotatable bonds is 2. The first-order chi connectivity index (χ1) is 13.7. The topological polar surface area (TPSA) is 16.1 Å². The molecular weight excluding hydrogens is 511 g/mol. The van der Waals surface area contributed by atoms with E-state index < -0.39 is 0 Å². The van der Waals surface area contributed by atoms with Crippen LogP contribution >= 0.6 is 46.9 Å². The Hall–Kier alpha value is -1.89. The lowest BCUT2D eigenvalue weighted by atomic mass is 9.93. The Kier molecular flexibility index (Phi) is 5.95. The van der Waals surface area contributed by atoms with Crippen molar-refractivity contribution in [3.05, 3.63) is 95.0 Å². The molecule has 3 aromatic carbocycles. The molecule has 5 heteroatoms. The quantitative estimate of drug-likeness (QED) is 0.150. The summed E-state index contributed by atoms with van der Waals surface area (Å²) in [6.07, 6.45) is 0.843. The van der Waals surface area contributed by atoms with Crippen LogP contribution in [0.1, 0.15) is 17.5 Å². The first kappa shape index (κ1) is 20.4. The van der Waals surface area contributed by atoms with Crippen LogP contribution in [0.2, 0.25) is 0 Å². The van der Waals surface area contributed by atoms with Crippen molar-refractivity contribution in [2.75, 3.05) is 4.90 Å². The van der Waals surface area contributed by atoms with E-state index in [1.54, 1.807) is 11.3 Å². The number of para-hydroxylation sites is 3. The molecule has 1 unspecified atom stereocenters. The summed E-state index contributed by atoms with van der Waals surface area (Å²) in [5.74, 6) is 0. The van der Waals surface area contributed by atoms with Crippen molar-refractivity contribution in [2.24, 2.45) is 0 Å². The minimum absolute atomic E-state index is 0. The van der Waals surface area contributed by atoms with Gasteiger partial charge >= 0.3 is 0 Å². The Balaban J connectivity index is 0.00000205. The fourth-order valence-corrected chi connectivity index (χ4v) is 5.26. The summed E-state index contributed by atoms with van der Waals surface area (Å²) in [7, 11) is 0. The molecule has 0 spiro atoms. The number of halogens is 2. The van der Waals surface area contributed by atoms with Gasteiger partial charge in [0.15, 0.2) is 0 Å². The monoisotopic (exact) mass is 530 g/mol. The van der Waals surface area contributed by atoms with E-state index in [0.29, 0.717) is 0 Å². The van der Waals surface area contributed by atoms with Gasteiger partial charge in [-0.25, -0.2) is 4.98 Å². The molecule has 0 saturated heterocycles. The van der Waals surface area contributed by atoms with Crippen molar-refractivity contribution in [1.82, 2.24) is 4.98 Å². The van der Waals surface area contributed by atoms with Crippen molar-refractivity contribution in [1.29, 1.82) is 0 Å². The number of anilines is 2. The number of alkyl halides is 1. The standard InChI is InChI=1S/C24H19ClN2S.HI/c1-16(24-26-20-12-6-8-14-22(20)28-24)19-15-17-9-5-7-13-21(17)27(23(19)25)18-10-3-2-4-11-18;/h2-14,23H,15H2,1H3;1H. The molecule has 2 nitrogen and oxygen atoms in total. The van der Waals surface area contributed by atoms with Crippen LogP contribution in [0.25, 0.3) is 15.8 Å². The fourth-order valence-electron chi connectivity index (χ4n) is 3.80. The van der Waals surface area contributed by atoms with Gasteiger partial charge in [0.2, 0.25) is 0 Å². The maximum Gasteiger partial charge on any atom is 0.131 e. The molecule has 5 rings (SSSR count). The smallest absolute Gasteiger partial charge is 0.131 e. The third kappa shape index (κ3) is 3.69. The minimum atomic E-state index is -0.246. The van der Waals surface area contributed by atoms with E-state index in [2.05, 4.69) is 78.6 Å². The van der Waals surface area contributed by atoms with Crippen LogP contribution < -0.4 is 4.90 Å². The second-order valence-electron chi connectivity index (χ2n) is 6.98. The molecule has 0 amide bonds. The summed E-state index contributed by atoms with van der Waals surface area (Å²) in [4.78, 5) is 7.09. The molecule has 0 saturated carbocycles. The van der Waals surface area contributed by atoms with Gasteiger partial charge in [-0.05, 0) is 60.4 Å². The zero-order valence-corrected chi connectivity index (χ0v) is 19.8. The van der Waals surface area contributed by atoms with Gasteiger partial charge in [0.1, 0.15) is 10.5 Å². The van der Waals surface area contributed by atoms with Crippen LogP contribution in [-0.4, -0.2) is 10.5 Å². The van der Waals surface area contributed by atoms with E-state index in [0.717, 1.165) is 22.6 Å². The SMILES string of the molecule is CC(=C1Cc2ccccc2N(c2ccccc2)C1Cl)c1nc2ccccc2s1.I. The minimum Gasteiger partial charge on any atom is -0.320 e. The third-order valence-electron chi connectivity index (χ3n) is 5.28. The summed E-state index contributed by atoms with van der Waals surface area (Å²) < 4.78 is 1.21. The van der Waals surface area contributed by atoms with E-state index in [9.17, 15) is 0 Å². The number of nitrogens with zero attached hydrogens (tertiary/aromatic N) is 2. The summed E-state index contributed by atoms with van der Waals surface area (Å²) >= 11 is 8.83. The van der Waals surface area contributed by atoms with Gasteiger partial charge in [-0.2, -0.15) is 0 Å². The lowest BCUT2D eigenvalue weighted by molar-refractivity contribution is 0.872. The number of fused-ring (bicyclic) bond motifs is 2. The summed E-state index contributed by atoms with van der Waals surface area (Å²) in [5.41, 5.74) is 6.76. The second-order valence-corrected chi connectivity index (χ2v) is 8.43. The summed E-state index contributed by atoms with van der Waals surface area (Å²) in [5, 5.41) is 1.05. The lowest BCUT2D eigenvalue weighted by Crippen LogP contribution is -2.34. The zero-order chi connectivity index (χ0) is 19.1. The molecule has 1 aliphatic heterocycles. The zero-order valence-electron chi connectivity index (χ0n) is 15.9. The summed E-state index contributed by atoms with van der Waals surface area (Å²) in [6.45, 7) is 2.15. The Labute approximate surface area is 196 Å². The number of thiazole rings is 1. The molecule has 1 aliphatic rings. The average molecular weight is 531 g/mol. The van der Waals surface area contributed by atoms with Crippen LogP contribution in [-0.2, 0) is 6.42 Å². The third-order valence-corrected chi connectivity index (χ3v) is 6.89. The molecule has 0 N–H and O–H groups in total. The van der Waals surface area contributed by atoms with Gasteiger partial charge in [0.25, 0.3) is 0 Å². The van der Waals surface area contributed by atoms with E-state index in [1.807, 2.05) is 12.1 Å². The highest BCUT2D eigenvalue weighted by molar-refractivity contribution is 14.0. The highest BCUT2D eigenvalue weighted by Crippen LogP contribution is 2.43. The first-order valence-electron chi connectivity index (χ1n) is 9.34. The molecule has 146 valence electrons. The van der Waals surface area contributed by atoms with Crippen LogP contribution in [0.4, 0.5) is 11.4 Å². The predicted molar refractivity (Wildman–Crippen MR) is 136 cm³/mol. The number of hydrogen-bond donors (Lipinski definition) is 0. The number of aromatic nitrogens is 1. The van der Waals surface area contributed by atoms with Gasteiger partial charge in [-0.15, -0.1) is 35.3 Å². The van der Waals surface area contributed by atoms with Gasteiger partial charge in [0.05, 0.1) is 10.2 Å². The van der Waals surface area contributed by atoms with Crippen LogP contribution in [0, 0.1) is 0 Å². The van der Waals surface area contributed by atoms with Gasteiger partial charge in [-0.3, -0.25) is 0 Å². The van der Waals surface area contributed by atoms with Crippen molar-refractivity contribution in [3.8, 4) is 0 Å². The normalized spacial score (nSPS) is 17.6. The number of hydrogen-bond acceptors (Lipinski definition) is 3. The molecular formula is C24H20ClIN2S. The lowest BCUT2D eigenvalue weighted by Gasteiger charge is -2.38. The number of benzene rings is 3. The van der Waals surface area contributed by atoms with Crippen molar-refractivity contribution < 1.29 is 0 Å². The van der Waals surface area contributed by atoms with E-state index in [1.165, 1.54) is 27.1 Å². The Bertz CT molecular complexity index is 1150. The first-order valence-corrected chi connectivity index (χ1v) is 10.6. The molecule has 29 heavy (non-hydrogen) atoms. The van der Waals surface area contributed by atoms with Crippen LogP contribution in [0.5, 0.6) is 0 Å². The van der Waals surface area contributed by atoms with Gasteiger partial charge in [0, 0.05) is 11.4 Å². The number of allylic oxidation sites excluding steroid dienone is 1. The molecule has 2 heterocycles. The molecule has 4 aromatic rings. The Morgan fingerprint density at radius 1 is 0.966 bits per heavy atom. The molecule has 1 aromatic heterocycles. The van der Waals surface area contributed by atoms with Crippen molar-refractivity contribution in [2.45, 2.75) is 18.8 Å².